The van der Waals surface area contributed by atoms with Gasteiger partial charge in [-0.05, 0) is 36.4 Å². The Morgan fingerprint density at radius 2 is 1.80 bits per heavy atom. The van der Waals surface area contributed by atoms with E-state index in [2.05, 4.69) is 10.00 Å². The maximum absolute atomic E-state index is 13.0. The summed E-state index contributed by atoms with van der Waals surface area (Å²) in [4.78, 5) is 16.6. The number of aromatic nitrogens is 2. The highest BCUT2D eigenvalue weighted by atomic mass is 19.1. The molecule has 2 heterocycles. The molecule has 1 amide bonds. The van der Waals surface area contributed by atoms with Gasteiger partial charge in [0.25, 0.3) is 0 Å². The van der Waals surface area contributed by atoms with Crippen LogP contribution in [0.1, 0.15) is 12.0 Å². The van der Waals surface area contributed by atoms with Gasteiger partial charge in [0.05, 0.1) is 18.4 Å². The molecule has 1 fully saturated rings. The smallest absolute Gasteiger partial charge is 0.224 e. The molecular formula is C23H25FN4O2. The lowest BCUT2D eigenvalue weighted by molar-refractivity contribution is -0.130. The minimum absolute atomic E-state index is 0.139. The standard InChI is InChI=1S/C23H25FN4O2/c24-20-6-8-22(9-7-20)30-15-14-27-13-12-26(11-10-23(27)29)17-19-16-25-28(18-19)21-4-2-1-3-5-21/h1-9,16,18H,10-15,17H2. The molecule has 30 heavy (non-hydrogen) atoms. The number of carbonyl (C=O) groups excluding carboxylic acids is 1. The molecule has 0 aliphatic carbocycles. The predicted molar refractivity (Wildman–Crippen MR) is 112 cm³/mol. The number of carbonyl (C=O) groups is 1. The van der Waals surface area contributed by atoms with Gasteiger partial charge in [-0.3, -0.25) is 9.69 Å². The van der Waals surface area contributed by atoms with Crippen LogP contribution in [0.5, 0.6) is 5.75 Å². The third kappa shape index (κ3) is 5.24. The van der Waals surface area contributed by atoms with E-state index in [1.165, 1.54) is 12.1 Å². The number of hydrogen-bond donors (Lipinski definition) is 0. The second-order valence-corrected chi connectivity index (χ2v) is 7.34. The maximum Gasteiger partial charge on any atom is 0.224 e. The van der Waals surface area contributed by atoms with E-state index < -0.39 is 0 Å². The van der Waals surface area contributed by atoms with Crippen LogP contribution in [0, 0.1) is 5.82 Å². The number of amides is 1. The SMILES string of the molecule is O=C1CCN(Cc2cnn(-c3ccccc3)c2)CCN1CCOc1ccc(F)cc1. The van der Waals surface area contributed by atoms with E-state index in [1.54, 1.807) is 12.1 Å². The molecule has 0 bridgehead atoms. The van der Waals surface area contributed by atoms with E-state index in [-0.39, 0.29) is 11.7 Å². The van der Waals surface area contributed by atoms with Crippen LogP contribution in [0.2, 0.25) is 0 Å². The average molecular weight is 408 g/mol. The molecule has 4 rings (SSSR count). The van der Waals surface area contributed by atoms with E-state index >= 15 is 0 Å². The molecule has 1 aliphatic rings. The summed E-state index contributed by atoms with van der Waals surface area (Å²) in [6.45, 7) is 3.87. The molecule has 1 saturated heterocycles. The molecule has 2 aromatic carbocycles. The quantitative estimate of drug-likeness (QED) is 0.603. The van der Waals surface area contributed by atoms with Crippen molar-refractivity contribution in [1.29, 1.82) is 0 Å². The van der Waals surface area contributed by atoms with Gasteiger partial charge in [0.15, 0.2) is 0 Å². The molecule has 0 spiro atoms. The average Bonchev–Trinajstić information content (AvgIpc) is 3.17. The Kier molecular flexibility index (Phi) is 6.39. The second-order valence-electron chi connectivity index (χ2n) is 7.34. The largest absolute Gasteiger partial charge is 0.492 e. The molecule has 6 nitrogen and oxygen atoms in total. The fraction of sp³-hybridized carbons (Fsp3) is 0.304. The molecule has 0 N–H and O–H groups in total. The first-order chi connectivity index (χ1) is 14.7. The van der Waals surface area contributed by atoms with E-state index in [0.717, 1.165) is 30.9 Å². The van der Waals surface area contributed by atoms with Crippen LogP contribution in [0.25, 0.3) is 5.69 Å². The Morgan fingerprint density at radius 1 is 1.00 bits per heavy atom. The Morgan fingerprint density at radius 3 is 2.60 bits per heavy atom. The van der Waals surface area contributed by atoms with Crippen molar-refractivity contribution in [1.82, 2.24) is 19.6 Å². The van der Waals surface area contributed by atoms with Crippen LogP contribution < -0.4 is 4.74 Å². The fourth-order valence-corrected chi connectivity index (χ4v) is 3.53. The van der Waals surface area contributed by atoms with Gasteiger partial charge in [0, 0.05) is 44.4 Å². The molecular weight excluding hydrogens is 383 g/mol. The van der Waals surface area contributed by atoms with Gasteiger partial charge in [-0.2, -0.15) is 5.10 Å². The van der Waals surface area contributed by atoms with Crippen molar-refractivity contribution in [3.8, 4) is 11.4 Å². The van der Waals surface area contributed by atoms with Gasteiger partial charge >= 0.3 is 0 Å². The van der Waals surface area contributed by atoms with Crippen molar-refractivity contribution in [3.63, 3.8) is 0 Å². The molecule has 156 valence electrons. The normalized spacial score (nSPS) is 15.2. The highest BCUT2D eigenvalue weighted by Gasteiger charge is 2.21. The number of rotatable bonds is 7. The molecule has 0 radical (unpaired) electrons. The number of halogens is 1. The van der Waals surface area contributed by atoms with Crippen LogP contribution in [0.4, 0.5) is 4.39 Å². The van der Waals surface area contributed by atoms with Gasteiger partial charge in [-0.1, -0.05) is 18.2 Å². The minimum Gasteiger partial charge on any atom is -0.492 e. The first kappa shape index (κ1) is 20.1. The molecule has 0 unspecified atom stereocenters. The molecule has 0 saturated carbocycles. The molecule has 3 aromatic rings. The summed E-state index contributed by atoms with van der Waals surface area (Å²) in [5.41, 5.74) is 2.15. The molecule has 1 aliphatic heterocycles. The zero-order valence-corrected chi connectivity index (χ0v) is 16.8. The van der Waals surface area contributed by atoms with Crippen LogP contribution in [0.15, 0.2) is 67.0 Å². The summed E-state index contributed by atoms with van der Waals surface area (Å²) in [6.07, 6.45) is 4.41. The number of ether oxygens (including phenoxy) is 1. The molecule has 0 atom stereocenters. The summed E-state index contributed by atoms with van der Waals surface area (Å²) in [5, 5.41) is 4.45. The van der Waals surface area contributed by atoms with Crippen molar-refractivity contribution in [3.05, 3.63) is 78.4 Å². The Balaban J connectivity index is 1.27. The monoisotopic (exact) mass is 408 g/mol. The number of para-hydroxylation sites is 1. The highest BCUT2D eigenvalue weighted by molar-refractivity contribution is 5.76. The van der Waals surface area contributed by atoms with Gasteiger partial charge in [0.2, 0.25) is 5.91 Å². The zero-order valence-electron chi connectivity index (χ0n) is 16.8. The zero-order chi connectivity index (χ0) is 20.8. The second kappa shape index (κ2) is 9.54. The van der Waals surface area contributed by atoms with Crippen molar-refractivity contribution in [2.24, 2.45) is 0 Å². The third-order valence-corrected chi connectivity index (χ3v) is 5.19. The van der Waals surface area contributed by atoms with Crippen LogP contribution in [0.3, 0.4) is 0 Å². The first-order valence-corrected chi connectivity index (χ1v) is 10.1. The van der Waals surface area contributed by atoms with E-state index in [9.17, 15) is 9.18 Å². The van der Waals surface area contributed by atoms with Crippen molar-refractivity contribution in [2.75, 3.05) is 32.8 Å². The third-order valence-electron chi connectivity index (χ3n) is 5.19. The topological polar surface area (TPSA) is 50.6 Å². The van der Waals surface area contributed by atoms with Crippen molar-refractivity contribution in [2.45, 2.75) is 13.0 Å². The van der Waals surface area contributed by atoms with Crippen LogP contribution in [-0.4, -0.2) is 58.3 Å². The number of benzene rings is 2. The lowest BCUT2D eigenvalue weighted by Gasteiger charge is -2.22. The number of hydrogen-bond acceptors (Lipinski definition) is 4. The Hall–Kier alpha value is -3.19. The molecule has 7 heteroatoms. The summed E-state index contributed by atoms with van der Waals surface area (Å²) < 4.78 is 20.5. The van der Waals surface area contributed by atoms with E-state index in [4.69, 9.17) is 4.74 Å². The fourth-order valence-electron chi connectivity index (χ4n) is 3.53. The van der Waals surface area contributed by atoms with Crippen LogP contribution in [-0.2, 0) is 11.3 Å². The van der Waals surface area contributed by atoms with Crippen molar-refractivity contribution < 1.29 is 13.9 Å². The summed E-state index contributed by atoms with van der Waals surface area (Å²) in [6, 6.07) is 15.9. The van der Waals surface area contributed by atoms with Gasteiger partial charge in [-0.15, -0.1) is 0 Å². The Bertz CT molecular complexity index is 959. The Labute approximate surface area is 175 Å². The lowest BCUT2D eigenvalue weighted by atomic mass is 10.3. The van der Waals surface area contributed by atoms with E-state index in [0.29, 0.717) is 31.9 Å². The van der Waals surface area contributed by atoms with Crippen LogP contribution >= 0.6 is 0 Å². The molecule has 1 aromatic heterocycles. The first-order valence-electron chi connectivity index (χ1n) is 10.1. The maximum atomic E-state index is 13.0. The summed E-state index contributed by atoms with van der Waals surface area (Å²) >= 11 is 0. The lowest BCUT2D eigenvalue weighted by Crippen LogP contribution is -2.36. The van der Waals surface area contributed by atoms with Gasteiger partial charge < -0.3 is 9.64 Å². The minimum atomic E-state index is -0.292. The number of nitrogens with zero attached hydrogens (tertiary/aromatic N) is 4. The van der Waals surface area contributed by atoms with Crippen molar-refractivity contribution >= 4 is 5.91 Å². The summed E-state index contributed by atoms with van der Waals surface area (Å²) in [5.74, 6) is 0.454. The highest BCUT2D eigenvalue weighted by Crippen LogP contribution is 2.14. The van der Waals surface area contributed by atoms with E-state index in [1.807, 2.05) is 52.3 Å². The van der Waals surface area contributed by atoms with Gasteiger partial charge in [0.1, 0.15) is 18.2 Å². The predicted octanol–water partition coefficient (Wildman–Crippen LogP) is 3.12. The summed E-state index contributed by atoms with van der Waals surface area (Å²) in [7, 11) is 0. The van der Waals surface area contributed by atoms with Gasteiger partial charge in [-0.25, -0.2) is 9.07 Å².